The summed E-state index contributed by atoms with van der Waals surface area (Å²) < 4.78 is 0. The van der Waals surface area contributed by atoms with E-state index in [1.807, 2.05) is 6.20 Å². The molecule has 0 bridgehead atoms. The second-order valence-corrected chi connectivity index (χ2v) is 8.85. The van der Waals surface area contributed by atoms with Crippen molar-refractivity contribution in [2.24, 2.45) is 5.92 Å². The molecule has 4 rings (SSSR count). The maximum Gasteiger partial charge on any atom is 0.236 e. The Morgan fingerprint density at radius 3 is 2.89 bits per heavy atom. The van der Waals surface area contributed by atoms with Gasteiger partial charge in [-0.1, -0.05) is 6.92 Å². The fourth-order valence-corrected chi connectivity index (χ4v) is 4.81. The Balaban J connectivity index is 1.38. The molecule has 0 spiro atoms. The number of carbonyl (C=O) groups is 1. The number of carbonyl (C=O) groups excluding carboxylic acids is 1. The van der Waals surface area contributed by atoms with Gasteiger partial charge in [-0.15, -0.1) is 0 Å². The number of amides is 1. The van der Waals surface area contributed by atoms with Crippen LogP contribution in [0.1, 0.15) is 55.6 Å². The summed E-state index contributed by atoms with van der Waals surface area (Å²) in [4.78, 5) is 29.2. The molecule has 1 aromatic rings. The number of rotatable bonds is 3. The highest BCUT2D eigenvalue weighted by atomic mass is 16.2. The first-order valence-corrected chi connectivity index (χ1v) is 10.6. The van der Waals surface area contributed by atoms with Crippen molar-refractivity contribution in [2.45, 2.75) is 51.5 Å². The molecular weight excluding hydrogens is 338 g/mol. The highest BCUT2D eigenvalue weighted by Crippen LogP contribution is 2.26. The van der Waals surface area contributed by atoms with Crippen LogP contribution in [0.25, 0.3) is 0 Å². The van der Waals surface area contributed by atoms with Gasteiger partial charge in [0.05, 0.1) is 6.54 Å². The van der Waals surface area contributed by atoms with E-state index >= 15 is 0 Å². The fourth-order valence-electron chi connectivity index (χ4n) is 4.81. The summed E-state index contributed by atoms with van der Waals surface area (Å²) >= 11 is 0. The van der Waals surface area contributed by atoms with Crippen molar-refractivity contribution in [1.29, 1.82) is 0 Å². The lowest BCUT2D eigenvalue weighted by Crippen LogP contribution is -2.47. The van der Waals surface area contributed by atoms with Crippen LogP contribution in [-0.4, -0.2) is 76.9 Å². The fraction of sp³-hybridized carbons (Fsp3) is 0.762. The van der Waals surface area contributed by atoms with Gasteiger partial charge in [-0.3, -0.25) is 9.69 Å². The predicted octanol–water partition coefficient (Wildman–Crippen LogP) is 1.90. The van der Waals surface area contributed by atoms with Crippen molar-refractivity contribution in [3.05, 3.63) is 23.3 Å². The molecule has 4 heterocycles. The van der Waals surface area contributed by atoms with Crippen LogP contribution in [0, 0.1) is 5.92 Å². The van der Waals surface area contributed by atoms with Gasteiger partial charge in [0.25, 0.3) is 0 Å². The molecule has 3 aliphatic heterocycles. The van der Waals surface area contributed by atoms with Crippen LogP contribution in [0.4, 0.5) is 0 Å². The first-order chi connectivity index (χ1) is 13.1. The van der Waals surface area contributed by atoms with E-state index in [1.54, 1.807) is 0 Å². The maximum atomic E-state index is 12.9. The van der Waals surface area contributed by atoms with Crippen molar-refractivity contribution in [3.8, 4) is 0 Å². The Morgan fingerprint density at radius 2 is 2.04 bits per heavy atom. The third-order valence-corrected chi connectivity index (χ3v) is 6.38. The largest absolute Gasteiger partial charge is 0.341 e. The van der Waals surface area contributed by atoms with E-state index in [0.717, 1.165) is 64.4 Å². The van der Waals surface area contributed by atoms with Crippen LogP contribution in [0.3, 0.4) is 0 Å². The van der Waals surface area contributed by atoms with Crippen molar-refractivity contribution in [3.63, 3.8) is 0 Å². The van der Waals surface area contributed by atoms with Gasteiger partial charge in [-0.25, -0.2) is 9.97 Å². The number of piperidine rings is 2. The maximum absolute atomic E-state index is 12.9. The minimum atomic E-state index is 0.285. The summed E-state index contributed by atoms with van der Waals surface area (Å²) in [5, 5.41) is 0. The summed E-state index contributed by atoms with van der Waals surface area (Å²) in [6, 6.07) is 0. The molecule has 0 aromatic carbocycles. The number of aromatic nitrogens is 2. The van der Waals surface area contributed by atoms with Crippen LogP contribution < -0.4 is 0 Å². The average molecular weight is 372 g/mol. The molecule has 1 amide bonds. The molecule has 27 heavy (non-hydrogen) atoms. The van der Waals surface area contributed by atoms with E-state index < -0.39 is 0 Å². The lowest BCUT2D eigenvalue weighted by molar-refractivity contribution is -0.134. The van der Waals surface area contributed by atoms with Gasteiger partial charge in [0.1, 0.15) is 5.82 Å². The third kappa shape index (κ3) is 4.49. The minimum Gasteiger partial charge on any atom is -0.341 e. The van der Waals surface area contributed by atoms with E-state index in [4.69, 9.17) is 4.98 Å². The molecule has 0 aliphatic carbocycles. The molecule has 148 valence electrons. The van der Waals surface area contributed by atoms with Crippen LogP contribution in [-0.2, 0) is 17.8 Å². The van der Waals surface area contributed by atoms with Gasteiger partial charge in [0.15, 0.2) is 0 Å². The molecule has 1 aromatic heterocycles. The number of fused-ring (bicyclic) bond motifs is 1. The van der Waals surface area contributed by atoms with E-state index in [1.165, 1.54) is 24.1 Å². The standard InChI is InChI=1S/C21H33N5O/c1-16-5-3-8-25(12-16)15-20(27)26-9-4-6-17(14-26)21-22-11-18-13-24(2)10-7-19(18)23-21/h11,16-17H,3-10,12-15H2,1-2H3. The summed E-state index contributed by atoms with van der Waals surface area (Å²) in [6.07, 6.45) is 7.67. The van der Waals surface area contributed by atoms with Crippen LogP contribution in [0.5, 0.6) is 0 Å². The van der Waals surface area contributed by atoms with Crippen molar-refractivity contribution in [1.82, 2.24) is 24.7 Å². The molecule has 0 radical (unpaired) electrons. The van der Waals surface area contributed by atoms with E-state index in [9.17, 15) is 4.79 Å². The van der Waals surface area contributed by atoms with Gasteiger partial charge in [-0.05, 0) is 45.2 Å². The zero-order chi connectivity index (χ0) is 18.8. The van der Waals surface area contributed by atoms with Gasteiger partial charge in [-0.2, -0.15) is 0 Å². The smallest absolute Gasteiger partial charge is 0.236 e. The molecule has 0 saturated carbocycles. The molecule has 6 heteroatoms. The summed E-state index contributed by atoms with van der Waals surface area (Å²) in [6.45, 7) is 8.66. The second kappa shape index (κ2) is 8.23. The van der Waals surface area contributed by atoms with Gasteiger partial charge >= 0.3 is 0 Å². The third-order valence-electron chi connectivity index (χ3n) is 6.38. The Bertz CT molecular complexity index is 679. The molecule has 2 unspecified atom stereocenters. The average Bonchev–Trinajstić information content (AvgIpc) is 2.67. The Morgan fingerprint density at radius 1 is 1.19 bits per heavy atom. The number of hydrogen-bond acceptors (Lipinski definition) is 5. The first-order valence-electron chi connectivity index (χ1n) is 10.6. The topological polar surface area (TPSA) is 52.6 Å². The molecule has 2 atom stereocenters. The number of likely N-dealkylation sites (tertiary alicyclic amines) is 2. The van der Waals surface area contributed by atoms with Crippen LogP contribution >= 0.6 is 0 Å². The minimum absolute atomic E-state index is 0.285. The zero-order valence-corrected chi connectivity index (χ0v) is 16.9. The molecule has 2 fully saturated rings. The summed E-state index contributed by atoms with van der Waals surface area (Å²) in [5.74, 6) is 2.23. The Labute approximate surface area is 162 Å². The number of likely N-dealkylation sites (N-methyl/N-ethyl adjacent to an activating group) is 1. The quantitative estimate of drug-likeness (QED) is 0.812. The van der Waals surface area contributed by atoms with Gasteiger partial charge in [0, 0.05) is 62.5 Å². The van der Waals surface area contributed by atoms with Crippen molar-refractivity contribution in [2.75, 3.05) is 46.3 Å². The van der Waals surface area contributed by atoms with Crippen molar-refractivity contribution < 1.29 is 4.79 Å². The summed E-state index contributed by atoms with van der Waals surface area (Å²) in [5.41, 5.74) is 2.47. The second-order valence-electron chi connectivity index (χ2n) is 8.85. The predicted molar refractivity (Wildman–Crippen MR) is 105 cm³/mol. The highest BCUT2D eigenvalue weighted by molar-refractivity contribution is 5.78. The molecule has 0 N–H and O–H groups in total. The van der Waals surface area contributed by atoms with E-state index in [-0.39, 0.29) is 11.8 Å². The number of hydrogen-bond donors (Lipinski definition) is 0. The van der Waals surface area contributed by atoms with Gasteiger partial charge in [0.2, 0.25) is 5.91 Å². The molecule has 2 saturated heterocycles. The Kier molecular flexibility index (Phi) is 5.74. The molecule has 6 nitrogen and oxygen atoms in total. The highest BCUT2D eigenvalue weighted by Gasteiger charge is 2.29. The summed E-state index contributed by atoms with van der Waals surface area (Å²) in [7, 11) is 2.14. The molecule has 3 aliphatic rings. The van der Waals surface area contributed by atoms with Crippen LogP contribution in [0.2, 0.25) is 0 Å². The van der Waals surface area contributed by atoms with E-state index in [2.05, 4.69) is 33.7 Å². The SMILES string of the molecule is CC1CCCN(CC(=O)N2CCCC(c3ncc4c(n3)CCN(C)C4)C2)C1. The monoisotopic (exact) mass is 371 g/mol. The normalized spacial score (nSPS) is 27.4. The first kappa shape index (κ1) is 18.8. The molecular formula is C21H33N5O. The Hall–Kier alpha value is -1.53. The lowest BCUT2D eigenvalue weighted by Gasteiger charge is -2.36. The van der Waals surface area contributed by atoms with Gasteiger partial charge < -0.3 is 9.80 Å². The zero-order valence-electron chi connectivity index (χ0n) is 16.9. The lowest BCUT2D eigenvalue weighted by atomic mass is 9.96. The van der Waals surface area contributed by atoms with E-state index in [0.29, 0.717) is 12.5 Å². The van der Waals surface area contributed by atoms with Crippen LogP contribution in [0.15, 0.2) is 6.20 Å². The number of nitrogens with zero attached hydrogens (tertiary/aromatic N) is 5. The van der Waals surface area contributed by atoms with Crippen molar-refractivity contribution >= 4 is 5.91 Å².